The van der Waals surface area contributed by atoms with E-state index in [1.807, 2.05) is 0 Å². The number of hydrogen-bond acceptors (Lipinski definition) is 3. The first kappa shape index (κ1) is 11.9. The molecule has 1 heterocycles. The molecule has 0 aromatic carbocycles. The molecule has 4 nitrogen and oxygen atoms in total. The fourth-order valence-corrected chi connectivity index (χ4v) is 1.95. The number of halogens is 1. The number of ether oxygens (including phenoxy) is 1. The average molecular weight is 278 g/mol. The molecule has 0 saturated heterocycles. The van der Waals surface area contributed by atoms with Gasteiger partial charge in [-0.1, -0.05) is 19.6 Å². The summed E-state index contributed by atoms with van der Waals surface area (Å²) in [5, 5.41) is 7.67. The Morgan fingerprint density at radius 3 is 2.57 bits per heavy atom. The maximum absolute atomic E-state index is 5.49. The second-order valence-electron chi connectivity index (χ2n) is 4.43. The highest BCUT2D eigenvalue weighted by atomic mass is 79.9. The Bertz CT molecular complexity index is 284. The molecule has 0 aliphatic rings. The van der Waals surface area contributed by atoms with Gasteiger partial charge in [-0.05, 0) is 22.0 Å². The van der Waals surface area contributed by atoms with E-state index in [1.54, 1.807) is 0 Å². The van der Waals surface area contributed by atoms with E-state index < -0.39 is 8.07 Å². The zero-order chi connectivity index (χ0) is 10.6. The van der Waals surface area contributed by atoms with Gasteiger partial charge in [0.2, 0.25) is 0 Å². The molecule has 0 unspecified atom stereocenters. The van der Waals surface area contributed by atoms with Gasteiger partial charge in [0, 0.05) is 14.7 Å². The lowest BCUT2D eigenvalue weighted by Crippen LogP contribution is -2.21. The lowest BCUT2D eigenvalue weighted by molar-refractivity contribution is 0.127. The maximum atomic E-state index is 5.49. The number of aromatic amines is 1. The minimum absolute atomic E-state index is 0.517. The number of hydrogen-bond donors (Lipinski definition) is 1. The molecule has 0 aliphatic carbocycles. The van der Waals surface area contributed by atoms with Crippen LogP contribution in [-0.2, 0) is 11.3 Å². The second kappa shape index (κ2) is 5.04. The van der Waals surface area contributed by atoms with E-state index in [2.05, 4.69) is 50.8 Å². The van der Waals surface area contributed by atoms with Crippen LogP contribution in [0.3, 0.4) is 0 Å². The summed E-state index contributed by atoms with van der Waals surface area (Å²) in [6.07, 6.45) is 0. The largest absolute Gasteiger partial charge is 0.374 e. The number of aromatic nitrogens is 3. The molecule has 80 valence electrons. The Kier molecular flexibility index (Phi) is 4.27. The Morgan fingerprint density at radius 1 is 1.36 bits per heavy atom. The van der Waals surface area contributed by atoms with Crippen molar-refractivity contribution in [2.75, 3.05) is 6.61 Å². The molecular weight excluding hydrogens is 262 g/mol. The molecule has 0 aliphatic heterocycles. The minimum Gasteiger partial charge on any atom is -0.374 e. The summed E-state index contributed by atoms with van der Waals surface area (Å²) in [5.74, 6) is 0.771. The van der Waals surface area contributed by atoms with Crippen molar-refractivity contribution in [1.29, 1.82) is 0 Å². The van der Waals surface area contributed by atoms with Crippen LogP contribution in [0, 0.1) is 0 Å². The summed E-state index contributed by atoms with van der Waals surface area (Å²) in [6, 6.07) is 1.18. The molecule has 0 atom stereocenters. The standard InChI is InChI=1S/C8H16BrN3OSi/c1-14(2,3)5-4-13-6-7-10-8(9)12-11-7/h4-6H2,1-3H3,(H,10,11,12). The van der Waals surface area contributed by atoms with Crippen LogP contribution in [0.5, 0.6) is 0 Å². The van der Waals surface area contributed by atoms with Crippen molar-refractivity contribution in [3.8, 4) is 0 Å². The fraction of sp³-hybridized carbons (Fsp3) is 0.750. The van der Waals surface area contributed by atoms with Crippen molar-refractivity contribution < 1.29 is 4.74 Å². The highest BCUT2D eigenvalue weighted by Crippen LogP contribution is 2.08. The Balaban J connectivity index is 2.16. The fourth-order valence-electron chi connectivity index (χ4n) is 0.885. The van der Waals surface area contributed by atoms with Gasteiger partial charge in [-0.2, -0.15) is 0 Å². The van der Waals surface area contributed by atoms with Crippen molar-refractivity contribution in [2.24, 2.45) is 0 Å². The lowest BCUT2D eigenvalue weighted by atomic mass is 10.7. The van der Waals surface area contributed by atoms with Crippen LogP contribution in [0.4, 0.5) is 0 Å². The Morgan fingerprint density at radius 2 is 2.07 bits per heavy atom. The molecule has 1 N–H and O–H groups in total. The molecule has 14 heavy (non-hydrogen) atoms. The Hall–Kier alpha value is -0.203. The minimum atomic E-state index is -0.971. The van der Waals surface area contributed by atoms with Gasteiger partial charge in [0.05, 0.1) is 0 Å². The lowest BCUT2D eigenvalue weighted by Gasteiger charge is -2.14. The van der Waals surface area contributed by atoms with E-state index in [4.69, 9.17) is 4.74 Å². The van der Waals surface area contributed by atoms with E-state index >= 15 is 0 Å². The zero-order valence-corrected chi connectivity index (χ0v) is 11.4. The molecule has 6 heteroatoms. The molecule has 1 aromatic heterocycles. The van der Waals surface area contributed by atoms with Crippen LogP contribution in [-0.4, -0.2) is 29.9 Å². The summed E-state index contributed by atoms with van der Waals surface area (Å²) in [5.41, 5.74) is 0. The molecule has 1 rings (SSSR count). The third-order valence-electron chi connectivity index (χ3n) is 1.74. The number of nitrogens with one attached hydrogen (secondary N) is 1. The first-order valence-corrected chi connectivity index (χ1v) is 9.12. The maximum Gasteiger partial charge on any atom is 0.197 e. The molecule has 0 spiro atoms. The molecule has 0 amide bonds. The smallest absolute Gasteiger partial charge is 0.197 e. The third kappa shape index (κ3) is 4.87. The molecule has 0 fully saturated rings. The topological polar surface area (TPSA) is 50.8 Å². The summed E-state index contributed by atoms with van der Waals surface area (Å²) >= 11 is 3.20. The Labute approximate surface area is 93.6 Å². The van der Waals surface area contributed by atoms with Crippen LogP contribution in [0.25, 0.3) is 0 Å². The molecule has 0 bridgehead atoms. The van der Waals surface area contributed by atoms with Crippen LogP contribution in [0.15, 0.2) is 4.73 Å². The molecule has 0 saturated carbocycles. The van der Waals surface area contributed by atoms with Crippen molar-refractivity contribution in [3.05, 3.63) is 10.6 Å². The van der Waals surface area contributed by atoms with Gasteiger partial charge in [-0.3, -0.25) is 0 Å². The monoisotopic (exact) mass is 277 g/mol. The normalized spacial score (nSPS) is 12.0. The highest BCUT2D eigenvalue weighted by Gasteiger charge is 2.12. The van der Waals surface area contributed by atoms with Crippen molar-refractivity contribution in [2.45, 2.75) is 32.3 Å². The third-order valence-corrected chi connectivity index (χ3v) is 3.80. The van der Waals surface area contributed by atoms with Crippen molar-refractivity contribution in [3.63, 3.8) is 0 Å². The van der Waals surface area contributed by atoms with Gasteiger partial charge < -0.3 is 9.72 Å². The van der Waals surface area contributed by atoms with Gasteiger partial charge in [-0.15, -0.1) is 10.2 Å². The summed E-state index contributed by atoms with van der Waals surface area (Å²) in [4.78, 5) is 2.95. The summed E-state index contributed by atoms with van der Waals surface area (Å²) in [6.45, 7) is 8.33. The van der Waals surface area contributed by atoms with Gasteiger partial charge in [0.25, 0.3) is 0 Å². The van der Waals surface area contributed by atoms with Crippen molar-refractivity contribution >= 4 is 24.0 Å². The molecular formula is C8H16BrN3OSi. The zero-order valence-electron chi connectivity index (χ0n) is 8.80. The number of nitrogens with zero attached hydrogens (tertiary/aromatic N) is 2. The molecule has 0 radical (unpaired) electrons. The summed E-state index contributed by atoms with van der Waals surface area (Å²) < 4.78 is 6.14. The highest BCUT2D eigenvalue weighted by molar-refractivity contribution is 9.10. The number of rotatable bonds is 5. The first-order chi connectivity index (χ1) is 6.47. The summed E-state index contributed by atoms with van der Waals surface area (Å²) in [7, 11) is -0.971. The average Bonchev–Trinajstić information content (AvgIpc) is 2.44. The van der Waals surface area contributed by atoms with Crippen molar-refractivity contribution in [1.82, 2.24) is 15.2 Å². The van der Waals surface area contributed by atoms with Gasteiger partial charge in [0.1, 0.15) is 6.61 Å². The predicted octanol–water partition coefficient (Wildman–Crippen LogP) is 2.42. The van der Waals surface area contributed by atoms with Gasteiger partial charge in [0.15, 0.2) is 10.6 Å². The van der Waals surface area contributed by atoms with Crippen LogP contribution in [0.1, 0.15) is 5.82 Å². The first-order valence-electron chi connectivity index (χ1n) is 4.62. The second-order valence-corrected chi connectivity index (χ2v) is 10.8. The van der Waals surface area contributed by atoms with E-state index in [0.29, 0.717) is 11.3 Å². The van der Waals surface area contributed by atoms with E-state index in [-0.39, 0.29) is 0 Å². The van der Waals surface area contributed by atoms with Crippen LogP contribution >= 0.6 is 15.9 Å². The van der Waals surface area contributed by atoms with E-state index in [0.717, 1.165) is 12.4 Å². The van der Waals surface area contributed by atoms with Crippen LogP contribution in [0.2, 0.25) is 25.7 Å². The SMILES string of the molecule is C[Si](C)(C)CCOCc1nnc(Br)[nH]1. The number of H-pyrrole nitrogens is 1. The van der Waals surface area contributed by atoms with E-state index in [1.165, 1.54) is 6.04 Å². The molecule has 1 aromatic rings. The predicted molar refractivity (Wildman–Crippen MR) is 61.9 cm³/mol. The van der Waals surface area contributed by atoms with Gasteiger partial charge in [-0.25, -0.2) is 0 Å². The van der Waals surface area contributed by atoms with Gasteiger partial charge >= 0.3 is 0 Å². The van der Waals surface area contributed by atoms with E-state index in [9.17, 15) is 0 Å². The van der Waals surface area contributed by atoms with Crippen LogP contribution < -0.4 is 0 Å². The quantitative estimate of drug-likeness (QED) is 0.664.